The molecule has 7 nitrogen and oxygen atoms in total. The van der Waals surface area contributed by atoms with Crippen LogP contribution in [0.5, 0.6) is 0 Å². The zero-order chi connectivity index (χ0) is 17.6. The van der Waals surface area contributed by atoms with Gasteiger partial charge in [0.15, 0.2) is 11.2 Å². The Balaban J connectivity index is 1.65. The van der Waals surface area contributed by atoms with Crippen molar-refractivity contribution in [2.75, 3.05) is 5.32 Å². The number of benzene rings is 1. The van der Waals surface area contributed by atoms with Crippen LogP contribution in [0.3, 0.4) is 0 Å². The highest BCUT2D eigenvalue weighted by Gasteiger charge is 2.09. The monoisotopic (exact) mass is 356 g/mol. The molecule has 0 radical (unpaired) electrons. The van der Waals surface area contributed by atoms with E-state index in [1.807, 2.05) is 0 Å². The number of aryl methyl sites for hydroxylation is 1. The first-order valence-corrected chi connectivity index (χ1v) is 7.91. The average Bonchev–Trinajstić information content (AvgIpc) is 2.87. The van der Waals surface area contributed by atoms with Gasteiger partial charge < -0.3 is 14.7 Å². The maximum absolute atomic E-state index is 12.2. The minimum atomic E-state index is -0.470. The lowest BCUT2D eigenvalue weighted by Crippen LogP contribution is -2.16. The summed E-state index contributed by atoms with van der Waals surface area (Å²) >= 11 is 6.00. The first-order valence-electron chi connectivity index (χ1n) is 7.53. The van der Waals surface area contributed by atoms with Crippen molar-refractivity contribution >= 4 is 39.6 Å². The molecule has 0 aliphatic heterocycles. The molecule has 0 fully saturated rings. The van der Waals surface area contributed by atoms with Crippen LogP contribution in [0.4, 0.5) is 5.82 Å². The van der Waals surface area contributed by atoms with E-state index >= 15 is 0 Å². The van der Waals surface area contributed by atoms with Crippen LogP contribution in [-0.4, -0.2) is 14.5 Å². The van der Waals surface area contributed by atoms with Gasteiger partial charge in [0.2, 0.25) is 0 Å². The van der Waals surface area contributed by atoms with Crippen molar-refractivity contribution in [3.05, 3.63) is 67.9 Å². The number of nitrogens with one attached hydrogen (secondary N) is 2. The summed E-state index contributed by atoms with van der Waals surface area (Å²) < 4.78 is 6.37. The molecule has 0 aliphatic carbocycles. The first kappa shape index (κ1) is 15.5. The lowest BCUT2D eigenvalue weighted by molar-refractivity contribution is 0.528. The van der Waals surface area contributed by atoms with Gasteiger partial charge in [0.1, 0.15) is 5.82 Å². The maximum atomic E-state index is 12.2. The lowest BCUT2D eigenvalue weighted by Gasteiger charge is -2.07. The van der Waals surface area contributed by atoms with Crippen LogP contribution in [0, 0.1) is 0 Å². The van der Waals surface area contributed by atoms with Gasteiger partial charge >= 0.3 is 5.76 Å². The van der Waals surface area contributed by atoms with Crippen LogP contribution in [0.15, 0.2) is 50.4 Å². The second-order valence-corrected chi connectivity index (χ2v) is 6.09. The van der Waals surface area contributed by atoms with Crippen molar-refractivity contribution in [3.63, 3.8) is 0 Å². The Bertz CT molecular complexity index is 1220. The van der Waals surface area contributed by atoms with Crippen molar-refractivity contribution in [2.45, 2.75) is 6.54 Å². The highest BCUT2D eigenvalue weighted by molar-refractivity contribution is 6.31. The molecule has 0 bridgehead atoms. The topological polar surface area (TPSA) is 92.9 Å². The Hall–Kier alpha value is -3.06. The van der Waals surface area contributed by atoms with Crippen molar-refractivity contribution in [2.24, 2.45) is 7.05 Å². The Morgan fingerprint density at radius 3 is 2.92 bits per heavy atom. The van der Waals surface area contributed by atoms with Crippen molar-refractivity contribution < 1.29 is 4.42 Å². The Morgan fingerprint density at radius 2 is 2.08 bits per heavy atom. The first-order chi connectivity index (χ1) is 12.0. The van der Waals surface area contributed by atoms with Crippen LogP contribution in [0.2, 0.25) is 5.02 Å². The summed E-state index contributed by atoms with van der Waals surface area (Å²) in [6.07, 6.45) is 0. The number of aromatic amines is 1. The standard InChI is InChI=1S/C17H13ClN4O3/c1-22-15-13(25-17(22)24)4-5-14(21-15)19-8-10-6-9-7-11(18)2-3-12(9)20-16(10)23/h2-7H,8H2,1H3,(H,19,21)(H,20,23). The lowest BCUT2D eigenvalue weighted by atomic mass is 10.1. The van der Waals surface area contributed by atoms with Gasteiger partial charge in [-0.05, 0) is 36.4 Å². The molecular weight excluding hydrogens is 344 g/mol. The van der Waals surface area contributed by atoms with Gasteiger partial charge in [-0.1, -0.05) is 11.6 Å². The molecule has 0 unspecified atom stereocenters. The van der Waals surface area contributed by atoms with Gasteiger partial charge in [-0.15, -0.1) is 0 Å². The van der Waals surface area contributed by atoms with E-state index < -0.39 is 5.76 Å². The Labute approximate surface area is 145 Å². The number of H-pyrrole nitrogens is 1. The zero-order valence-corrected chi connectivity index (χ0v) is 13.9. The molecule has 4 aromatic rings. The summed E-state index contributed by atoms with van der Waals surface area (Å²) in [5.74, 6) is 0.0667. The average molecular weight is 357 g/mol. The third kappa shape index (κ3) is 2.78. The van der Waals surface area contributed by atoms with Crippen molar-refractivity contribution in [3.8, 4) is 0 Å². The fourth-order valence-corrected chi connectivity index (χ4v) is 2.82. The molecule has 25 heavy (non-hydrogen) atoms. The highest BCUT2D eigenvalue weighted by Crippen LogP contribution is 2.18. The van der Waals surface area contributed by atoms with E-state index in [9.17, 15) is 9.59 Å². The van der Waals surface area contributed by atoms with Crippen LogP contribution in [-0.2, 0) is 13.6 Å². The number of anilines is 1. The molecule has 8 heteroatoms. The number of hydrogen-bond donors (Lipinski definition) is 2. The molecule has 2 N–H and O–H groups in total. The number of nitrogens with zero attached hydrogens (tertiary/aromatic N) is 2. The van der Waals surface area contributed by atoms with Crippen molar-refractivity contribution in [1.82, 2.24) is 14.5 Å². The maximum Gasteiger partial charge on any atom is 0.420 e. The quantitative estimate of drug-likeness (QED) is 0.588. The van der Waals surface area contributed by atoms with E-state index in [1.54, 1.807) is 43.4 Å². The van der Waals surface area contributed by atoms with E-state index in [2.05, 4.69) is 15.3 Å². The highest BCUT2D eigenvalue weighted by atomic mass is 35.5. The summed E-state index contributed by atoms with van der Waals surface area (Å²) in [6, 6.07) is 10.4. The van der Waals surface area contributed by atoms with Gasteiger partial charge in [0.25, 0.3) is 5.56 Å². The fraction of sp³-hybridized carbons (Fsp3) is 0.118. The van der Waals surface area contributed by atoms with Gasteiger partial charge in [-0.25, -0.2) is 9.78 Å². The molecule has 0 atom stereocenters. The normalized spacial score (nSPS) is 11.3. The Morgan fingerprint density at radius 1 is 1.24 bits per heavy atom. The molecule has 0 spiro atoms. The van der Waals surface area contributed by atoms with Gasteiger partial charge in [0.05, 0.1) is 0 Å². The summed E-state index contributed by atoms with van der Waals surface area (Å²) in [5.41, 5.74) is 1.95. The number of hydrogen-bond acceptors (Lipinski definition) is 5. The SMILES string of the molecule is Cn1c(=O)oc2ccc(NCc3cc4cc(Cl)ccc4[nH]c3=O)nc21. The summed E-state index contributed by atoms with van der Waals surface area (Å²) in [4.78, 5) is 30.9. The number of rotatable bonds is 3. The minimum Gasteiger partial charge on any atom is -0.406 e. The zero-order valence-electron chi connectivity index (χ0n) is 13.2. The number of pyridine rings is 2. The summed E-state index contributed by atoms with van der Waals surface area (Å²) in [6.45, 7) is 0.280. The fourth-order valence-electron chi connectivity index (χ4n) is 2.64. The minimum absolute atomic E-state index is 0.181. The number of fused-ring (bicyclic) bond motifs is 2. The number of aromatic nitrogens is 3. The third-order valence-corrected chi connectivity index (χ3v) is 4.21. The largest absolute Gasteiger partial charge is 0.420 e. The molecule has 3 aromatic heterocycles. The molecule has 126 valence electrons. The van der Waals surface area contributed by atoms with Gasteiger partial charge in [-0.2, -0.15) is 0 Å². The van der Waals surface area contributed by atoms with E-state index in [0.29, 0.717) is 27.6 Å². The van der Waals surface area contributed by atoms with Crippen LogP contribution >= 0.6 is 11.6 Å². The van der Waals surface area contributed by atoms with Gasteiger partial charge in [-0.3, -0.25) is 9.36 Å². The molecule has 1 aromatic carbocycles. The second kappa shape index (κ2) is 5.78. The molecular formula is C17H13ClN4O3. The molecule has 0 amide bonds. The van der Waals surface area contributed by atoms with Gasteiger partial charge in [0, 0.05) is 35.1 Å². The third-order valence-electron chi connectivity index (χ3n) is 3.97. The summed E-state index contributed by atoms with van der Waals surface area (Å²) in [5, 5.41) is 4.54. The van der Waals surface area contributed by atoms with Crippen LogP contribution in [0.1, 0.15) is 5.56 Å². The smallest absolute Gasteiger partial charge is 0.406 e. The molecule has 0 saturated heterocycles. The van der Waals surface area contributed by atoms with E-state index in [0.717, 1.165) is 10.9 Å². The summed E-state index contributed by atoms with van der Waals surface area (Å²) in [7, 11) is 1.59. The molecule has 3 heterocycles. The number of halogens is 1. The van der Waals surface area contributed by atoms with Crippen LogP contribution < -0.4 is 16.6 Å². The molecule has 4 rings (SSSR count). The predicted molar refractivity (Wildman–Crippen MR) is 96.2 cm³/mol. The molecule has 0 saturated carbocycles. The second-order valence-electron chi connectivity index (χ2n) is 5.65. The van der Waals surface area contributed by atoms with E-state index in [4.69, 9.17) is 16.0 Å². The molecule has 0 aliphatic rings. The van der Waals surface area contributed by atoms with E-state index in [-0.39, 0.29) is 12.1 Å². The Kier molecular flexibility index (Phi) is 3.58. The van der Waals surface area contributed by atoms with Crippen LogP contribution in [0.25, 0.3) is 22.1 Å². The van der Waals surface area contributed by atoms with E-state index in [1.165, 1.54) is 4.57 Å². The predicted octanol–water partition coefficient (Wildman–Crippen LogP) is 2.63. The van der Waals surface area contributed by atoms with Crippen molar-refractivity contribution in [1.29, 1.82) is 0 Å². The number of oxazole rings is 1.